The maximum Gasteiger partial charge on any atom is 0.222 e. The first kappa shape index (κ1) is 11.4. The van der Waals surface area contributed by atoms with Crippen LogP contribution >= 0.6 is 11.6 Å². The molecule has 0 radical (unpaired) electrons. The number of nitrogens with two attached hydrogens (primary N) is 1. The Labute approximate surface area is 99.0 Å². The Bertz CT molecular complexity index is 374. The number of anilines is 2. The SMILES string of the molecule is Nc1ncc(Cl)c(NCC2CCC(O)C2)n1. The molecule has 1 fully saturated rings. The maximum atomic E-state index is 9.40. The van der Waals surface area contributed by atoms with Crippen LogP contribution in [0.25, 0.3) is 0 Å². The van der Waals surface area contributed by atoms with Gasteiger partial charge in [-0.2, -0.15) is 4.98 Å². The average molecular weight is 243 g/mol. The third kappa shape index (κ3) is 2.74. The first-order valence-electron chi connectivity index (χ1n) is 5.35. The second kappa shape index (κ2) is 4.84. The normalized spacial score (nSPS) is 24.6. The van der Waals surface area contributed by atoms with Gasteiger partial charge in [0.2, 0.25) is 5.95 Å². The number of hydrogen-bond acceptors (Lipinski definition) is 5. The molecule has 0 aromatic carbocycles. The lowest BCUT2D eigenvalue weighted by Gasteiger charge is -2.12. The summed E-state index contributed by atoms with van der Waals surface area (Å²) < 4.78 is 0. The second-order valence-electron chi connectivity index (χ2n) is 4.14. The van der Waals surface area contributed by atoms with Crippen LogP contribution in [0.15, 0.2) is 6.20 Å². The van der Waals surface area contributed by atoms with Gasteiger partial charge in [0.1, 0.15) is 10.8 Å². The Morgan fingerprint density at radius 1 is 1.56 bits per heavy atom. The van der Waals surface area contributed by atoms with Crippen molar-refractivity contribution in [2.24, 2.45) is 5.92 Å². The van der Waals surface area contributed by atoms with Crippen molar-refractivity contribution in [1.82, 2.24) is 9.97 Å². The van der Waals surface area contributed by atoms with Crippen molar-refractivity contribution < 1.29 is 5.11 Å². The van der Waals surface area contributed by atoms with Gasteiger partial charge in [-0.3, -0.25) is 0 Å². The van der Waals surface area contributed by atoms with Crippen LogP contribution in [0.3, 0.4) is 0 Å². The van der Waals surface area contributed by atoms with Crippen LogP contribution in [-0.2, 0) is 0 Å². The van der Waals surface area contributed by atoms with E-state index in [2.05, 4.69) is 15.3 Å². The molecule has 0 bridgehead atoms. The summed E-state index contributed by atoms with van der Waals surface area (Å²) in [4.78, 5) is 7.80. The highest BCUT2D eigenvalue weighted by Crippen LogP contribution is 2.26. The second-order valence-corrected chi connectivity index (χ2v) is 4.55. The highest BCUT2D eigenvalue weighted by atomic mass is 35.5. The molecule has 0 spiro atoms. The third-order valence-electron chi connectivity index (χ3n) is 2.83. The molecule has 1 aromatic rings. The van der Waals surface area contributed by atoms with Crippen molar-refractivity contribution in [3.8, 4) is 0 Å². The molecule has 2 rings (SSSR count). The Balaban J connectivity index is 1.91. The summed E-state index contributed by atoms with van der Waals surface area (Å²) in [6.45, 7) is 0.757. The molecule has 1 heterocycles. The number of nitrogen functional groups attached to an aromatic ring is 1. The molecule has 4 N–H and O–H groups in total. The van der Waals surface area contributed by atoms with Crippen LogP contribution in [0.5, 0.6) is 0 Å². The van der Waals surface area contributed by atoms with Gasteiger partial charge in [0.15, 0.2) is 0 Å². The first-order chi connectivity index (χ1) is 7.65. The molecule has 2 unspecified atom stereocenters. The van der Waals surface area contributed by atoms with E-state index in [4.69, 9.17) is 17.3 Å². The minimum absolute atomic E-state index is 0.155. The quantitative estimate of drug-likeness (QED) is 0.744. The zero-order chi connectivity index (χ0) is 11.5. The lowest BCUT2D eigenvalue weighted by Crippen LogP contribution is -2.14. The Hall–Kier alpha value is -1.07. The highest BCUT2D eigenvalue weighted by Gasteiger charge is 2.22. The molecule has 0 saturated heterocycles. The van der Waals surface area contributed by atoms with E-state index in [9.17, 15) is 5.11 Å². The third-order valence-corrected chi connectivity index (χ3v) is 3.11. The molecular formula is C10H15ClN4O. The summed E-state index contributed by atoms with van der Waals surface area (Å²) >= 11 is 5.92. The fraction of sp³-hybridized carbons (Fsp3) is 0.600. The zero-order valence-electron chi connectivity index (χ0n) is 8.86. The molecule has 1 saturated carbocycles. The predicted molar refractivity (Wildman–Crippen MR) is 63.3 cm³/mol. The van der Waals surface area contributed by atoms with Crippen LogP contribution < -0.4 is 11.1 Å². The van der Waals surface area contributed by atoms with Crippen molar-refractivity contribution in [2.75, 3.05) is 17.6 Å². The molecular weight excluding hydrogens is 228 g/mol. The Morgan fingerprint density at radius 2 is 2.38 bits per heavy atom. The smallest absolute Gasteiger partial charge is 0.222 e. The molecule has 88 valence electrons. The van der Waals surface area contributed by atoms with Crippen LogP contribution in [0.4, 0.5) is 11.8 Å². The molecule has 1 aromatic heterocycles. The van der Waals surface area contributed by atoms with E-state index in [0.717, 1.165) is 25.8 Å². The van der Waals surface area contributed by atoms with Crippen molar-refractivity contribution in [1.29, 1.82) is 0 Å². The number of aromatic nitrogens is 2. The number of halogens is 1. The summed E-state index contributed by atoms with van der Waals surface area (Å²) in [5, 5.41) is 13.0. The standard InChI is InChI=1S/C10H15ClN4O/c11-8-5-14-10(12)15-9(8)13-4-6-1-2-7(16)3-6/h5-7,16H,1-4H2,(H3,12,13,14,15). The summed E-state index contributed by atoms with van der Waals surface area (Å²) in [6.07, 6.45) is 4.08. The lowest BCUT2D eigenvalue weighted by molar-refractivity contribution is 0.178. The topological polar surface area (TPSA) is 84.1 Å². The Kier molecular flexibility index (Phi) is 3.46. The van der Waals surface area contributed by atoms with Gasteiger partial charge >= 0.3 is 0 Å². The molecule has 6 heteroatoms. The number of nitrogens with zero attached hydrogens (tertiary/aromatic N) is 2. The van der Waals surface area contributed by atoms with Gasteiger partial charge in [0, 0.05) is 6.54 Å². The molecule has 0 aliphatic heterocycles. The van der Waals surface area contributed by atoms with Crippen LogP contribution in [0.1, 0.15) is 19.3 Å². The van der Waals surface area contributed by atoms with Gasteiger partial charge in [-0.1, -0.05) is 11.6 Å². The fourth-order valence-electron chi connectivity index (χ4n) is 1.98. The number of nitrogens with one attached hydrogen (secondary N) is 1. The van der Waals surface area contributed by atoms with Gasteiger partial charge in [-0.25, -0.2) is 4.98 Å². The summed E-state index contributed by atoms with van der Waals surface area (Å²) in [5.74, 6) is 1.25. The number of aliphatic hydroxyl groups is 1. The molecule has 2 atom stereocenters. The average Bonchev–Trinajstić information content (AvgIpc) is 2.66. The molecule has 5 nitrogen and oxygen atoms in total. The summed E-state index contributed by atoms with van der Waals surface area (Å²) in [7, 11) is 0. The van der Waals surface area contributed by atoms with E-state index >= 15 is 0 Å². The Morgan fingerprint density at radius 3 is 3.06 bits per heavy atom. The van der Waals surface area contributed by atoms with E-state index in [1.807, 2.05) is 0 Å². The number of rotatable bonds is 3. The van der Waals surface area contributed by atoms with Gasteiger partial charge in [-0.05, 0) is 25.2 Å². The molecule has 0 amide bonds. The van der Waals surface area contributed by atoms with Crippen LogP contribution in [-0.4, -0.2) is 27.7 Å². The van der Waals surface area contributed by atoms with E-state index in [1.54, 1.807) is 0 Å². The number of hydrogen-bond donors (Lipinski definition) is 3. The fourth-order valence-corrected chi connectivity index (χ4v) is 2.14. The number of aliphatic hydroxyl groups excluding tert-OH is 1. The van der Waals surface area contributed by atoms with Gasteiger partial charge < -0.3 is 16.2 Å². The minimum Gasteiger partial charge on any atom is -0.393 e. The monoisotopic (exact) mass is 242 g/mol. The van der Waals surface area contributed by atoms with E-state index in [-0.39, 0.29) is 12.1 Å². The lowest BCUT2D eigenvalue weighted by atomic mass is 10.1. The van der Waals surface area contributed by atoms with Gasteiger partial charge in [0.05, 0.1) is 12.3 Å². The van der Waals surface area contributed by atoms with E-state index in [1.165, 1.54) is 6.20 Å². The van der Waals surface area contributed by atoms with Crippen molar-refractivity contribution in [3.05, 3.63) is 11.2 Å². The largest absolute Gasteiger partial charge is 0.393 e. The minimum atomic E-state index is -0.155. The maximum absolute atomic E-state index is 9.40. The van der Waals surface area contributed by atoms with E-state index in [0.29, 0.717) is 16.8 Å². The highest BCUT2D eigenvalue weighted by molar-refractivity contribution is 6.32. The van der Waals surface area contributed by atoms with Crippen molar-refractivity contribution >= 4 is 23.4 Å². The van der Waals surface area contributed by atoms with Crippen LogP contribution in [0.2, 0.25) is 5.02 Å². The first-order valence-corrected chi connectivity index (χ1v) is 5.73. The summed E-state index contributed by atoms with van der Waals surface area (Å²) in [6, 6.07) is 0. The zero-order valence-corrected chi connectivity index (χ0v) is 9.61. The summed E-state index contributed by atoms with van der Waals surface area (Å²) in [5.41, 5.74) is 5.47. The predicted octanol–water partition coefficient (Wildman–Crippen LogP) is 1.29. The molecule has 1 aliphatic rings. The van der Waals surface area contributed by atoms with Crippen molar-refractivity contribution in [2.45, 2.75) is 25.4 Å². The molecule has 1 aliphatic carbocycles. The molecule has 16 heavy (non-hydrogen) atoms. The van der Waals surface area contributed by atoms with Crippen molar-refractivity contribution in [3.63, 3.8) is 0 Å². The van der Waals surface area contributed by atoms with Crippen LogP contribution in [0, 0.1) is 5.92 Å². The van der Waals surface area contributed by atoms with E-state index < -0.39 is 0 Å². The van der Waals surface area contributed by atoms with Gasteiger partial charge in [0.25, 0.3) is 0 Å². The van der Waals surface area contributed by atoms with Gasteiger partial charge in [-0.15, -0.1) is 0 Å².